The molecule has 0 aliphatic rings. The van der Waals surface area contributed by atoms with Crippen molar-refractivity contribution in [2.45, 2.75) is 31.4 Å². The number of aliphatic carboxylic acids is 1. The van der Waals surface area contributed by atoms with E-state index < -0.39 is 30.0 Å². The van der Waals surface area contributed by atoms with Crippen LogP contribution in [0.1, 0.15) is 35.2 Å². The molecule has 0 radical (unpaired) electrons. The lowest BCUT2D eigenvalue weighted by atomic mass is 9.87. The third kappa shape index (κ3) is 5.87. The van der Waals surface area contributed by atoms with Crippen molar-refractivity contribution in [2.75, 3.05) is 0 Å². The van der Waals surface area contributed by atoms with Crippen LogP contribution in [-0.4, -0.2) is 39.4 Å². The van der Waals surface area contributed by atoms with Gasteiger partial charge in [0.05, 0.1) is 5.56 Å². The summed E-state index contributed by atoms with van der Waals surface area (Å²) in [7, 11) is 0. The number of carboxylic acids is 1. The van der Waals surface area contributed by atoms with Crippen molar-refractivity contribution < 1.29 is 29.6 Å². The van der Waals surface area contributed by atoms with E-state index in [1.165, 1.54) is 18.2 Å². The lowest BCUT2D eigenvalue weighted by molar-refractivity contribution is -0.139. The standard InChI is InChI=1S/C19H21NO6.ClH/c1-11(26-19(25)12-5-3-2-4-6-12)9-14(17(20)18(23)24)13-7-8-15(21)16(22)10-13;/h2-8,10-11,14,17,21-22H,9,20H2,1H3,(H,23,24);1H/t11-,14?,17-;/m0./s1. The third-order valence-electron chi connectivity index (χ3n) is 4.05. The first-order chi connectivity index (χ1) is 12.3. The Bertz CT molecular complexity index is 783. The van der Waals surface area contributed by atoms with E-state index in [1.54, 1.807) is 37.3 Å². The highest BCUT2D eigenvalue weighted by Crippen LogP contribution is 2.32. The zero-order chi connectivity index (χ0) is 19.3. The van der Waals surface area contributed by atoms with Gasteiger partial charge >= 0.3 is 11.9 Å². The molecule has 0 saturated heterocycles. The second-order valence-corrected chi connectivity index (χ2v) is 6.04. The van der Waals surface area contributed by atoms with Crippen LogP contribution in [0.5, 0.6) is 11.5 Å². The maximum absolute atomic E-state index is 12.1. The molecule has 3 atom stereocenters. The van der Waals surface area contributed by atoms with Crippen LogP contribution in [0, 0.1) is 0 Å². The molecule has 0 aliphatic heterocycles. The fourth-order valence-corrected chi connectivity index (χ4v) is 2.66. The van der Waals surface area contributed by atoms with Gasteiger partial charge in [0.2, 0.25) is 0 Å². The van der Waals surface area contributed by atoms with E-state index in [1.807, 2.05) is 0 Å². The molecule has 0 spiro atoms. The molecule has 0 aliphatic carbocycles. The number of phenolic OH excluding ortho intramolecular Hbond substituents is 2. The Morgan fingerprint density at radius 3 is 2.26 bits per heavy atom. The summed E-state index contributed by atoms with van der Waals surface area (Å²) in [5.41, 5.74) is 6.61. The normalized spacial score (nSPS) is 13.7. The Morgan fingerprint density at radius 2 is 1.70 bits per heavy atom. The summed E-state index contributed by atoms with van der Waals surface area (Å²) in [4.78, 5) is 23.5. The van der Waals surface area contributed by atoms with E-state index in [4.69, 9.17) is 10.5 Å². The number of phenols is 2. The van der Waals surface area contributed by atoms with Gasteiger partial charge in [0.15, 0.2) is 11.5 Å². The number of hydrogen-bond acceptors (Lipinski definition) is 6. The van der Waals surface area contributed by atoms with Crippen LogP contribution in [0.2, 0.25) is 0 Å². The fraction of sp³-hybridized carbons (Fsp3) is 0.263. The molecule has 8 heteroatoms. The summed E-state index contributed by atoms with van der Waals surface area (Å²) in [5, 5.41) is 28.4. The number of carboxylic acid groups (broad SMARTS) is 1. The number of aromatic hydroxyl groups is 2. The molecule has 2 rings (SSSR count). The molecule has 0 amide bonds. The van der Waals surface area contributed by atoms with Gasteiger partial charge in [-0.3, -0.25) is 4.79 Å². The molecule has 0 fully saturated rings. The first-order valence-electron chi connectivity index (χ1n) is 8.06. The quantitative estimate of drug-likeness (QED) is 0.418. The summed E-state index contributed by atoms with van der Waals surface area (Å²) in [6.45, 7) is 1.64. The minimum Gasteiger partial charge on any atom is -0.504 e. The van der Waals surface area contributed by atoms with E-state index in [9.17, 15) is 24.9 Å². The molecule has 0 saturated carbocycles. The van der Waals surface area contributed by atoms with Gasteiger partial charge in [0.25, 0.3) is 0 Å². The number of benzene rings is 2. The van der Waals surface area contributed by atoms with Gasteiger partial charge in [0, 0.05) is 5.92 Å². The van der Waals surface area contributed by atoms with Gasteiger partial charge in [-0.25, -0.2) is 4.79 Å². The average molecular weight is 396 g/mol. The molecule has 0 aromatic heterocycles. The number of carbonyl (C=O) groups is 2. The van der Waals surface area contributed by atoms with Gasteiger partial charge in [-0.1, -0.05) is 24.3 Å². The van der Waals surface area contributed by atoms with Crippen molar-refractivity contribution in [1.29, 1.82) is 0 Å². The van der Waals surface area contributed by atoms with Gasteiger partial charge in [0.1, 0.15) is 12.1 Å². The third-order valence-corrected chi connectivity index (χ3v) is 4.05. The monoisotopic (exact) mass is 395 g/mol. The van der Waals surface area contributed by atoms with Crippen LogP contribution in [0.4, 0.5) is 0 Å². The Balaban J connectivity index is 0.00000364. The molecule has 0 bridgehead atoms. The fourth-order valence-electron chi connectivity index (χ4n) is 2.66. The van der Waals surface area contributed by atoms with E-state index in [-0.39, 0.29) is 30.3 Å². The topological polar surface area (TPSA) is 130 Å². The molecule has 7 nitrogen and oxygen atoms in total. The molecule has 2 aromatic rings. The van der Waals surface area contributed by atoms with Crippen molar-refractivity contribution in [1.82, 2.24) is 0 Å². The molecule has 27 heavy (non-hydrogen) atoms. The highest BCUT2D eigenvalue weighted by atomic mass is 35.5. The maximum atomic E-state index is 12.1. The molecule has 2 aromatic carbocycles. The molecule has 146 valence electrons. The largest absolute Gasteiger partial charge is 0.504 e. The van der Waals surface area contributed by atoms with Crippen LogP contribution in [0.3, 0.4) is 0 Å². The average Bonchev–Trinajstić information content (AvgIpc) is 2.62. The zero-order valence-electron chi connectivity index (χ0n) is 14.6. The van der Waals surface area contributed by atoms with Crippen LogP contribution in [0.25, 0.3) is 0 Å². The van der Waals surface area contributed by atoms with E-state index in [0.717, 1.165) is 0 Å². The van der Waals surface area contributed by atoms with Crippen LogP contribution >= 0.6 is 12.4 Å². The summed E-state index contributed by atoms with van der Waals surface area (Å²) in [6.07, 6.45) is -0.481. The number of ether oxygens (including phenoxy) is 1. The minimum atomic E-state index is -1.27. The number of esters is 1. The second kappa shape index (κ2) is 9.80. The molecule has 5 N–H and O–H groups in total. The van der Waals surface area contributed by atoms with E-state index in [2.05, 4.69) is 0 Å². The Hall–Kier alpha value is -2.77. The predicted molar refractivity (Wildman–Crippen MR) is 101 cm³/mol. The lowest BCUT2D eigenvalue weighted by Gasteiger charge is -2.25. The first kappa shape index (κ1) is 22.3. The summed E-state index contributed by atoms with van der Waals surface area (Å²) in [5.74, 6) is -3.16. The number of nitrogens with two attached hydrogens (primary N) is 1. The zero-order valence-corrected chi connectivity index (χ0v) is 15.4. The van der Waals surface area contributed by atoms with Crippen LogP contribution < -0.4 is 5.73 Å². The van der Waals surface area contributed by atoms with Crippen molar-refractivity contribution in [3.05, 3.63) is 59.7 Å². The first-order valence-corrected chi connectivity index (χ1v) is 8.06. The highest BCUT2D eigenvalue weighted by molar-refractivity contribution is 5.89. The number of hydrogen-bond donors (Lipinski definition) is 4. The van der Waals surface area contributed by atoms with E-state index >= 15 is 0 Å². The second-order valence-electron chi connectivity index (χ2n) is 6.04. The Labute approximate surface area is 162 Å². The smallest absolute Gasteiger partial charge is 0.338 e. The SMILES string of the molecule is C[C@@H](CC(c1ccc(O)c(O)c1)[C@H](N)C(=O)O)OC(=O)c1ccccc1.Cl. The van der Waals surface area contributed by atoms with Gasteiger partial charge in [-0.05, 0) is 43.2 Å². The van der Waals surface area contributed by atoms with Gasteiger partial charge in [-0.2, -0.15) is 0 Å². The molecule has 0 heterocycles. The minimum absolute atomic E-state index is 0. The number of rotatable bonds is 7. The van der Waals surface area contributed by atoms with Crippen molar-refractivity contribution >= 4 is 24.3 Å². The number of carbonyl (C=O) groups excluding carboxylic acids is 1. The van der Waals surface area contributed by atoms with E-state index in [0.29, 0.717) is 11.1 Å². The lowest BCUT2D eigenvalue weighted by Crippen LogP contribution is -2.38. The number of halogens is 1. The van der Waals surface area contributed by atoms with Crippen molar-refractivity contribution in [3.63, 3.8) is 0 Å². The van der Waals surface area contributed by atoms with Gasteiger partial charge in [-0.15, -0.1) is 12.4 Å². The Kier molecular flexibility index (Phi) is 8.08. The van der Waals surface area contributed by atoms with Gasteiger partial charge < -0.3 is 25.8 Å². The van der Waals surface area contributed by atoms with Crippen LogP contribution in [-0.2, 0) is 9.53 Å². The molecular weight excluding hydrogens is 374 g/mol. The summed E-state index contributed by atoms with van der Waals surface area (Å²) in [6, 6.07) is 11.2. The summed E-state index contributed by atoms with van der Waals surface area (Å²) < 4.78 is 5.37. The van der Waals surface area contributed by atoms with Crippen molar-refractivity contribution in [2.24, 2.45) is 5.73 Å². The van der Waals surface area contributed by atoms with Crippen LogP contribution in [0.15, 0.2) is 48.5 Å². The molecular formula is C19H22ClNO6. The highest BCUT2D eigenvalue weighted by Gasteiger charge is 2.29. The summed E-state index contributed by atoms with van der Waals surface area (Å²) >= 11 is 0. The predicted octanol–water partition coefficient (Wildman–Crippen LogP) is 2.65. The molecule has 1 unspecified atom stereocenters. The van der Waals surface area contributed by atoms with Crippen molar-refractivity contribution in [3.8, 4) is 11.5 Å². The Morgan fingerprint density at radius 1 is 1.07 bits per heavy atom. The maximum Gasteiger partial charge on any atom is 0.338 e.